The van der Waals surface area contributed by atoms with Crippen molar-refractivity contribution in [1.82, 2.24) is 4.31 Å². The van der Waals surface area contributed by atoms with Crippen molar-refractivity contribution in [2.24, 2.45) is 0 Å². The highest BCUT2D eigenvalue weighted by molar-refractivity contribution is 7.96. The zero-order chi connectivity index (χ0) is 6.27. The first kappa shape index (κ1) is 6.01. The molecule has 0 aromatic heterocycles. The van der Waals surface area contributed by atoms with Gasteiger partial charge >= 0.3 is 0 Å². The van der Waals surface area contributed by atoms with Crippen LogP contribution in [-0.2, 0) is 4.74 Å². The van der Waals surface area contributed by atoms with Gasteiger partial charge in [-0.15, -0.1) is 0 Å². The van der Waals surface area contributed by atoms with Crippen LogP contribution in [0.3, 0.4) is 0 Å². The second-order valence-corrected chi connectivity index (χ2v) is 3.46. The largest absolute Gasteiger partial charge is 0.375 e. The zero-order valence-corrected chi connectivity index (χ0v) is 6.36. The van der Waals surface area contributed by atoms with Crippen LogP contribution in [0.25, 0.3) is 0 Å². The fourth-order valence-corrected chi connectivity index (χ4v) is 2.35. The molecule has 2 unspecified atom stereocenters. The second kappa shape index (κ2) is 2.15. The third kappa shape index (κ3) is 0.876. The van der Waals surface area contributed by atoms with Crippen LogP contribution in [0.15, 0.2) is 0 Å². The monoisotopic (exact) mass is 145 g/mol. The van der Waals surface area contributed by atoms with Gasteiger partial charge < -0.3 is 4.74 Å². The minimum absolute atomic E-state index is 0.558. The van der Waals surface area contributed by atoms with Gasteiger partial charge in [0.25, 0.3) is 0 Å². The Balaban J connectivity index is 2.01. The van der Waals surface area contributed by atoms with Gasteiger partial charge in [-0.3, -0.25) is 0 Å². The molecular weight excluding hydrogens is 134 g/mol. The molecule has 2 atom stereocenters. The molecule has 0 aromatic carbocycles. The van der Waals surface area contributed by atoms with E-state index in [9.17, 15) is 0 Å². The number of nitrogens with zero attached hydrogens (tertiary/aromatic N) is 1. The molecular formula is C6H11NOS. The smallest absolute Gasteiger partial charge is 0.0728 e. The summed E-state index contributed by atoms with van der Waals surface area (Å²) in [5.41, 5.74) is 0. The number of morpholine rings is 1. The third-order valence-corrected chi connectivity index (χ3v) is 3.00. The average Bonchev–Trinajstić information content (AvgIpc) is 2.45. The van der Waals surface area contributed by atoms with E-state index < -0.39 is 0 Å². The Morgan fingerprint density at radius 2 is 2.56 bits per heavy atom. The van der Waals surface area contributed by atoms with Gasteiger partial charge in [0, 0.05) is 12.6 Å². The van der Waals surface area contributed by atoms with E-state index in [0.717, 1.165) is 19.2 Å². The summed E-state index contributed by atoms with van der Waals surface area (Å²) in [6, 6.07) is 0.727. The second-order valence-electron chi connectivity index (χ2n) is 2.63. The van der Waals surface area contributed by atoms with Crippen LogP contribution >= 0.6 is 11.9 Å². The summed E-state index contributed by atoms with van der Waals surface area (Å²) in [6.45, 7) is 2.11. The van der Waals surface area contributed by atoms with Crippen molar-refractivity contribution in [3.05, 3.63) is 0 Å². The maximum absolute atomic E-state index is 5.43. The fraction of sp³-hybridized carbons (Fsp3) is 1.00. The Morgan fingerprint density at radius 1 is 1.67 bits per heavy atom. The molecule has 0 aliphatic carbocycles. The standard InChI is InChI=1S/C6H11NOS/c1-9-7-3-6-2-5(7)4-8-6/h5-6H,2-4H2,1H3. The van der Waals surface area contributed by atoms with E-state index in [1.807, 2.05) is 11.9 Å². The molecule has 0 aromatic rings. The summed E-state index contributed by atoms with van der Waals surface area (Å²) in [5.74, 6) is 0. The molecule has 0 amide bonds. The lowest BCUT2D eigenvalue weighted by atomic mass is 10.3. The summed E-state index contributed by atoms with van der Waals surface area (Å²) >= 11 is 1.85. The number of ether oxygens (including phenoxy) is 1. The van der Waals surface area contributed by atoms with E-state index in [1.165, 1.54) is 6.42 Å². The summed E-state index contributed by atoms with van der Waals surface area (Å²) < 4.78 is 7.85. The van der Waals surface area contributed by atoms with Crippen molar-refractivity contribution in [2.45, 2.75) is 18.6 Å². The number of rotatable bonds is 1. The molecule has 2 aliphatic heterocycles. The first-order valence-electron chi connectivity index (χ1n) is 3.32. The maximum Gasteiger partial charge on any atom is 0.0728 e. The molecule has 0 radical (unpaired) electrons. The van der Waals surface area contributed by atoms with Crippen LogP contribution < -0.4 is 0 Å². The van der Waals surface area contributed by atoms with Crippen molar-refractivity contribution >= 4 is 11.9 Å². The molecule has 2 saturated heterocycles. The summed E-state index contributed by atoms with van der Waals surface area (Å²) in [7, 11) is 0. The lowest BCUT2D eigenvalue weighted by molar-refractivity contribution is 0.0644. The molecule has 2 fully saturated rings. The predicted molar refractivity (Wildman–Crippen MR) is 38.4 cm³/mol. The Labute approximate surface area is 59.7 Å². The van der Waals surface area contributed by atoms with Gasteiger partial charge in [-0.1, -0.05) is 11.9 Å². The molecule has 0 N–H and O–H groups in total. The van der Waals surface area contributed by atoms with Crippen molar-refractivity contribution < 1.29 is 4.74 Å². The van der Waals surface area contributed by atoms with Crippen LogP contribution in [0, 0.1) is 0 Å². The van der Waals surface area contributed by atoms with Crippen LogP contribution in [0.4, 0.5) is 0 Å². The van der Waals surface area contributed by atoms with Gasteiger partial charge in [0.2, 0.25) is 0 Å². The van der Waals surface area contributed by atoms with Crippen molar-refractivity contribution in [2.75, 3.05) is 19.4 Å². The van der Waals surface area contributed by atoms with Gasteiger partial charge in [0.05, 0.1) is 12.7 Å². The summed E-state index contributed by atoms with van der Waals surface area (Å²) in [5, 5.41) is 0. The molecule has 2 heterocycles. The van der Waals surface area contributed by atoms with Crippen molar-refractivity contribution in [1.29, 1.82) is 0 Å². The summed E-state index contributed by atoms with van der Waals surface area (Å²) in [6.07, 6.45) is 3.96. The fourth-order valence-electron chi connectivity index (χ4n) is 1.59. The molecule has 9 heavy (non-hydrogen) atoms. The predicted octanol–water partition coefficient (Wildman–Crippen LogP) is 0.738. The lowest BCUT2D eigenvalue weighted by Crippen LogP contribution is -2.31. The van der Waals surface area contributed by atoms with Crippen LogP contribution in [-0.4, -0.2) is 35.9 Å². The third-order valence-electron chi connectivity index (χ3n) is 2.08. The highest BCUT2D eigenvalue weighted by atomic mass is 32.2. The van der Waals surface area contributed by atoms with E-state index in [4.69, 9.17) is 4.74 Å². The molecule has 0 spiro atoms. The molecule has 2 rings (SSSR count). The molecule has 3 heteroatoms. The molecule has 2 aliphatic rings. The topological polar surface area (TPSA) is 12.5 Å². The van der Waals surface area contributed by atoms with E-state index >= 15 is 0 Å². The number of hydrogen-bond acceptors (Lipinski definition) is 3. The highest BCUT2D eigenvalue weighted by Gasteiger charge is 2.38. The minimum Gasteiger partial charge on any atom is -0.375 e. The quantitative estimate of drug-likeness (QED) is 0.505. The molecule has 0 saturated carbocycles. The van der Waals surface area contributed by atoms with Crippen molar-refractivity contribution in [3.8, 4) is 0 Å². The van der Waals surface area contributed by atoms with Crippen LogP contribution in [0.2, 0.25) is 0 Å². The average molecular weight is 145 g/mol. The van der Waals surface area contributed by atoms with Crippen LogP contribution in [0.5, 0.6) is 0 Å². The highest BCUT2D eigenvalue weighted by Crippen LogP contribution is 2.31. The molecule has 52 valence electrons. The minimum atomic E-state index is 0.558. The van der Waals surface area contributed by atoms with E-state index in [-0.39, 0.29) is 0 Å². The van der Waals surface area contributed by atoms with Gasteiger partial charge in [-0.25, -0.2) is 4.31 Å². The summed E-state index contributed by atoms with van der Waals surface area (Å²) in [4.78, 5) is 0. The van der Waals surface area contributed by atoms with E-state index in [0.29, 0.717) is 6.10 Å². The van der Waals surface area contributed by atoms with E-state index in [2.05, 4.69) is 10.6 Å². The SMILES string of the molecule is CSN1CC2CC1CO2. The van der Waals surface area contributed by atoms with Gasteiger partial charge in [0.1, 0.15) is 0 Å². The van der Waals surface area contributed by atoms with Crippen LogP contribution in [0.1, 0.15) is 6.42 Å². The molecule has 2 nitrogen and oxygen atoms in total. The lowest BCUT2D eigenvalue weighted by Gasteiger charge is -2.23. The van der Waals surface area contributed by atoms with Crippen molar-refractivity contribution in [3.63, 3.8) is 0 Å². The Kier molecular flexibility index (Phi) is 1.43. The number of hydrogen-bond donors (Lipinski definition) is 0. The first-order chi connectivity index (χ1) is 4.40. The van der Waals surface area contributed by atoms with Gasteiger partial charge in [0.15, 0.2) is 0 Å². The zero-order valence-electron chi connectivity index (χ0n) is 5.54. The van der Waals surface area contributed by atoms with Gasteiger partial charge in [-0.2, -0.15) is 0 Å². The first-order valence-corrected chi connectivity index (χ1v) is 4.50. The Bertz CT molecular complexity index is 120. The van der Waals surface area contributed by atoms with E-state index in [1.54, 1.807) is 0 Å². The Morgan fingerprint density at radius 3 is 2.89 bits per heavy atom. The normalized spacial score (nSPS) is 42.3. The van der Waals surface area contributed by atoms with Gasteiger partial charge in [-0.05, 0) is 12.7 Å². The molecule has 2 bridgehead atoms. The number of fused-ring (bicyclic) bond motifs is 2. The maximum atomic E-state index is 5.43. The Hall–Kier alpha value is 0.270.